The maximum Gasteiger partial charge on any atom is 0.258 e. The average Bonchev–Trinajstić information content (AvgIpc) is 2.60. The molecule has 1 aromatic carbocycles. The van der Waals surface area contributed by atoms with Gasteiger partial charge in [0, 0.05) is 18.1 Å². The Morgan fingerprint density at radius 2 is 1.76 bits per heavy atom. The maximum atomic E-state index is 12.1. The van der Waals surface area contributed by atoms with Crippen molar-refractivity contribution in [3.63, 3.8) is 0 Å². The summed E-state index contributed by atoms with van der Waals surface area (Å²) in [6, 6.07) is 11.4. The summed E-state index contributed by atoms with van der Waals surface area (Å²) in [6.45, 7) is 6.25. The molecule has 1 amide bonds. The Morgan fingerprint density at radius 1 is 1.00 bits per heavy atom. The number of hydrogen-bond acceptors (Lipinski definition) is 4. The topological polar surface area (TPSA) is 66.9 Å². The van der Waals surface area contributed by atoms with Gasteiger partial charge in [0.1, 0.15) is 5.82 Å². The smallest absolute Gasteiger partial charge is 0.258 e. The normalized spacial score (nSPS) is 10.4. The first-order chi connectivity index (χ1) is 12.0. The van der Waals surface area contributed by atoms with Gasteiger partial charge in [0.15, 0.2) is 0 Å². The average molecular weight is 332 g/mol. The van der Waals surface area contributed by atoms with Gasteiger partial charge in [0.05, 0.1) is 17.4 Å². The van der Waals surface area contributed by atoms with E-state index >= 15 is 0 Å². The second-order valence-corrected chi connectivity index (χ2v) is 6.03. The van der Waals surface area contributed by atoms with Crippen molar-refractivity contribution < 1.29 is 4.79 Å². The molecule has 0 spiro atoms. The Kier molecular flexibility index (Phi) is 4.75. The lowest BCUT2D eigenvalue weighted by Crippen LogP contribution is -2.13. The summed E-state index contributed by atoms with van der Waals surface area (Å²) in [6.07, 6.45) is 4.86. The van der Waals surface area contributed by atoms with E-state index in [0.29, 0.717) is 11.4 Å². The lowest BCUT2D eigenvalue weighted by molar-refractivity contribution is 0.102. The minimum absolute atomic E-state index is 0.230. The molecule has 2 heterocycles. The highest BCUT2D eigenvalue weighted by molar-refractivity contribution is 6.03. The van der Waals surface area contributed by atoms with Crippen LogP contribution in [0.5, 0.6) is 0 Å². The van der Waals surface area contributed by atoms with Crippen molar-refractivity contribution in [3.05, 3.63) is 77.2 Å². The number of amides is 1. The number of rotatable bonds is 4. The van der Waals surface area contributed by atoms with Crippen LogP contribution in [0.4, 0.5) is 17.2 Å². The van der Waals surface area contributed by atoms with Crippen LogP contribution in [-0.4, -0.2) is 15.9 Å². The van der Waals surface area contributed by atoms with Crippen LogP contribution in [0.2, 0.25) is 0 Å². The van der Waals surface area contributed by atoms with Crippen LogP contribution >= 0.6 is 0 Å². The molecule has 0 atom stereocenters. The predicted molar refractivity (Wildman–Crippen MR) is 100 cm³/mol. The quantitative estimate of drug-likeness (QED) is 0.743. The lowest BCUT2D eigenvalue weighted by Gasteiger charge is -2.14. The van der Waals surface area contributed by atoms with Crippen molar-refractivity contribution in [3.8, 4) is 0 Å². The fraction of sp³-hybridized carbons (Fsp3) is 0.150. The zero-order valence-corrected chi connectivity index (χ0v) is 14.5. The summed E-state index contributed by atoms with van der Waals surface area (Å²) in [5, 5.41) is 6.16. The van der Waals surface area contributed by atoms with E-state index in [9.17, 15) is 4.79 Å². The van der Waals surface area contributed by atoms with E-state index in [0.717, 1.165) is 11.4 Å². The molecular formula is C20H20N4O. The van der Waals surface area contributed by atoms with Gasteiger partial charge in [-0.3, -0.25) is 9.78 Å². The molecule has 2 N–H and O–H groups in total. The highest BCUT2D eigenvalue weighted by Crippen LogP contribution is 2.26. The Morgan fingerprint density at radius 3 is 2.36 bits per heavy atom. The molecule has 25 heavy (non-hydrogen) atoms. The minimum atomic E-state index is -0.230. The summed E-state index contributed by atoms with van der Waals surface area (Å²) >= 11 is 0. The van der Waals surface area contributed by atoms with Gasteiger partial charge >= 0.3 is 0 Å². The number of benzene rings is 1. The largest absolute Gasteiger partial charge is 0.354 e. The van der Waals surface area contributed by atoms with Crippen LogP contribution in [0, 0.1) is 20.8 Å². The first-order valence-electron chi connectivity index (χ1n) is 8.05. The molecule has 0 aliphatic rings. The van der Waals surface area contributed by atoms with Crippen LogP contribution < -0.4 is 10.6 Å². The third-order valence-electron chi connectivity index (χ3n) is 3.88. The van der Waals surface area contributed by atoms with Gasteiger partial charge in [-0.1, -0.05) is 17.7 Å². The molecule has 0 aliphatic heterocycles. The molecule has 0 bridgehead atoms. The fourth-order valence-electron chi connectivity index (χ4n) is 2.75. The van der Waals surface area contributed by atoms with E-state index in [2.05, 4.69) is 53.5 Å². The van der Waals surface area contributed by atoms with Crippen molar-refractivity contribution in [1.29, 1.82) is 0 Å². The Balaban J connectivity index is 1.72. The number of nitrogens with one attached hydrogen (secondary N) is 2. The molecule has 0 saturated carbocycles. The van der Waals surface area contributed by atoms with Gasteiger partial charge in [-0.15, -0.1) is 0 Å². The number of hydrogen-bond donors (Lipinski definition) is 2. The molecule has 2 aromatic heterocycles. The van der Waals surface area contributed by atoms with E-state index < -0.39 is 0 Å². The number of anilines is 3. The number of carbonyl (C=O) groups excluding carboxylic acids is 1. The monoisotopic (exact) mass is 332 g/mol. The van der Waals surface area contributed by atoms with Crippen LogP contribution in [-0.2, 0) is 0 Å². The van der Waals surface area contributed by atoms with Crippen molar-refractivity contribution in [2.45, 2.75) is 20.8 Å². The molecule has 0 fully saturated rings. The van der Waals surface area contributed by atoms with Gasteiger partial charge in [-0.2, -0.15) is 0 Å². The van der Waals surface area contributed by atoms with Crippen LogP contribution in [0.3, 0.4) is 0 Å². The third kappa shape index (κ3) is 4.01. The molecule has 5 nitrogen and oxygen atoms in total. The zero-order chi connectivity index (χ0) is 17.8. The molecular weight excluding hydrogens is 312 g/mol. The molecule has 3 rings (SSSR count). The number of aryl methyl sites for hydroxylation is 3. The van der Waals surface area contributed by atoms with Crippen molar-refractivity contribution in [2.24, 2.45) is 0 Å². The predicted octanol–water partition coefficient (Wildman–Crippen LogP) is 4.40. The van der Waals surface area contributed by atoms with E-state index in [1.165, 1.54) is 22.9 Å². The third-order valence-corrected chi connectivity index (χ3v) is 3.88. The molecule has 5 heteroatoms. The van der Waals surface area contributed by atoms with Crippen molar-refractivity contribution >= 4 is 23.1 Å². The maximum absolute atomic E-state index is 12.1. The molecule has 0 radical (unpaired) electrons. The first kappa shape index (κ1) is 16.6. The molecule has 3 aromatic rings. The molecule has 126 valence electrons. The van der Waals surface area contributed by atoms with Crippen LogP contribution in [0.15, 0.2) is 55.0 Å². The van der Waals surface area contributed by atoms with E-state index in [1.54, 1.807) is 30.6 Å². The summed E-state index contributed by atoms with van der Waals surface area (Å²) in [4.78, 5) is 20.3. The number of aromatic nitrogens is 2. The fourth-order valence-corrected chi connectivity index (χ4v) is 2.75. The first-order valence-corrected chi connectivity index (χ1v) is 8.05. The molecule has 0 aliphatic carbocycles. The van der Waals surface area contributed by atoms with Gasteiger partial charge in [0.2, 0.25) is 0 Å². The lowest BCUT2D eigenvalue weighted by atomic mass is 10.0. The van der Waals surface area contributed by atoms with Gasteiger partial charge < -0.3 is 10.6 Å². The SMILES string of the molecule is Cc1cc(C)c(Nc2ccc(NC(=O)c3cccnc3)nc2)c(C)c1. The molecule has 0 saturated heterocycles. The van der Waals surface area contributed by atoms with E-state index in [-0.39, 0.29) is 5.91 Å². The minimum Gasteiger partial charge on any atom is -0.354 e. The molecule has 0 unspecified atom stereocenters. The van der Waals surface area contributed by atoms with Crippen molar-refractivity contribution in [1.82, 2.24) is 9.97 Å². The second kappa shape index (κ2) is 7.13. The number of carbonyl (C=O) groups is 1. The van der Waals surface area contributed by atoms with Gasteiger partial charge in [0.25, 0.3) is 5.91 Å². The van der Waals surface area contributed by atoms with Gasteiger partial charge in [-0.05, 0) is 56.2 Å². The van der Waals surface area contributed by atoms with Crippen molar-refractivity contribution in [2.75, 3.05) is 10.6 Å². The Hall–Kier alpha value is -3.21. The number of pyridine rings is 2. The summed E-state index contributed by atoms with van der Waals surface area (Å²) in [5.41, 5.74) is 6.07. The summed E-state index contributed by atoms with van der Waals surface area (Å²) in [5.74, 6) is 0.267. The Labute approximate surface area is 147 Å². The zero-order valence-electron chi connectivity index (χ0n) is 14.5. The Bertz CT molecular complexity index is 866. The van der Waals surface area contributed by atoms with E-state index in [1.807, 2.05) is 6.07 Å². The second-order valence-electron chi connectivity index (χ2n) is 6.03. The van der Waals surface area contributed by atoms with Crippen LogP contribution in [0.1, 0.15) is 27.0 Å². The highest BCUT2D eigenvalue weighted by Gasteiger charge is 2.08. The summed E-state index contributed by atoms with van der Waals surface area (Å²) < 4.78 is 0. The number of nitrogens with zero attached hydrogens (tertiary/aromatic N) is 2. The highest BCUT2D eigenvalue weighted by atomic mass is 16.1. The summed E-state index contributed by atoms with van der Waals surface area (Å²) in [7, 11) is 0. The van der Waals surface area contributed by atoms with Crippen LogP contribution in [0.25, 0.3) is 0 Å². The van der Waals surface area contributed by atoms with Gasteiger partial charge in [-0.25, -0.2) is 4.98 Å². The standard InChI is InChI=1S/C20H20N4O/c1-13-9-14(2)19(15(3)10-13)23-17-6-7-18(22-12-17)24-20(25)16-5-4-8-21-11-16/h4-12,23H,1-3H3,(H,22,24,25). The van der Waals surface area contributed by atoms with E-state index in [4.69, 9.17) is 0 Å².